The van der Waals surface area contributed by atoms with Crippen molar-refractivity contribution >= 4 is 21.6 Å². The van der Waals surface area contributed by atoms with E-state index in [9.17, 15) is 0 Å². The van der Waals surface area contributed by atoms with Crippen molar-refractivity contribution in [2.75, 3.05) is 32.9 Å². The third-order valence-corrected chi connectivity index (χ3v) is 4.49. The molecule has 0 saturated carbocycles. The molecule has 100 valence electrons. The Hall–Kier alpha value is -0.580. The van der Waals surface area contributed by atoms with Gasteiger partial charge in [-0.05, 0) is 57.2 Å². The molecular weight excluding hydrogens is 290 g/mol. The Morgan fingerprint density at radius 3 is 3.00 bits per heavy atom. The molecule has 0 bridgehead atoms. The minimum atomic E-state index is 0.650. The van der Waals surface area contributed by atoms with Gasteiger partial charge in [0.25, 0.3) is 0 Å². The number of likely N-dealkylation sites (tertiary alicyclic amines) is 1. The Bertz CT molecular complexity index is 408. The van der Waals surface area contributed by atoms with Crippen LogP contribution in [0.15, 0.2) is 22.7 Å². The average molecular weight is 312 g/mol. The van der Waals surface area contributed by atoms with Gasteiger partial charge in [-0.2, -0.15) is 0 Å². The third kappa shape index (κ3) is 3.46. The van der Waals surface area contributed by atoms with Crippen LogP contribution in [-0.2, 0) is 6.54 Å². The van der Waals surface area contributed by atoms with Crippen LogP contribution in [0.3, 0.4) is 0 Å². The molecular formula is C14H22BrN3. The molecule has 3 nitrogen and oxygen atoms in total. The molecule has 1 atom stereocenters. The summed E-state index contributed by atoms with van der Waals surface area (Å²) in [5.41, 5.74) is 7.96. The van der Waals surface area contributed by atoms with E-state index in [4.69, 9.17) is 5.73 Å². The molecule has 1 unspecified atom stereocenters. The molecule has 1 fully saturated rings. The normalized spacial score (nSPS) is 21.4. The van der Waals surface area contributed by atoms with Crippen molar-refractivity contribution in [2.45, 2.75) is 25.4 Å². The standard InChI is InChI=1S/C14H22BrN3/c1-17-7-3-4-13(10-17)18(2)9-11-8-12(16)5-6-14(11)15/h5-6,8,13H,3-4,7,9-10,16H2,1-2H3. The molecule has 0 aromatic heterocycles. The largest absolute Gasteiger partial charge is 0.399 e. The molecule has 0 aliphatic carbocycles. The van der Waals surface area contributed by atoms with Crippen molar-refractivity contribution in [3.05, 3.63) is 28.2 Å². The number of benzene rings is 1. The molecule has 2 N–H and O–H groups in total. The zero-order chi connectivity index (χ0) is 13.1. The fraction of sp³-hybridized carbons (Fsp3) is 0.571. The fourth-order valence-electron chi connectivity index (χ4n) is 2.61. The number of hydrogen-bond donors (Lipinski definition) is 1. The molecule has 4 heteroatoms. The van der Waals surface area contributed by atoms with Gasteiger partial charge >= 0.3 is 0 Å². The van der Waals surface area contributed by atoms with Crippen LogP contribution in [0.5, 0.6) is 0 Å². The number of likely N-dealkylation sites (N-methyl/N-ethyl adjacent to an activating group) is 2. The molecule has 1 saturated heterocycles. The van der Waals surface area contributed by atoms with E-state index in [0.29, 0.717) is 6.04 Å². The van der Waals surface area contributed by atoms with Crippen molar-refractivity contribution in [3.63, 3.8) is 0 Å². The van der Waals surface area contributed by atoms with Crippen LogP contribution in [-0.4, -0.2) is 43.0 Å². The Morgan fingerprint density at radius 1 is 1.50 bits per heavy atom. The summed E-state index contributed by atoms with van der Waals surface area (Å²) in [6.45, 7) is 3.34. The number of halogens is 1. The monoisotopic (exact) mass is 311 g/mol. The highest BCUT2D eigenvalue weighted by atomic mass is 79.9. The zero-order valence-electron chi connectivity index (χ0n) is 11.2. The molecule has 0 radical (unpaired) electrons. The molecule has 0 spiro atoms. The molecule has 0 amide bonds. The first-order valence-corrected chi connectivity index (χ1v) is 7.28. The first-order chi connectivity index (χ1) is 8.56. The molecule has 1 aliphatic heterocycles. The molecule has 1 aromatic carbocycles. The lowest BCUT2D eigenvalue weighted by molar-refractivity contribution is 0.129. The Morgan fingerprint density at radius 2 is 2.28 bits per heavy atom. The minimum Gasteiger partial charge on any atom is -0.399 e. The highest BCUT2D eigenvalue weighted by molar-refractivity contribution is 9.10. The number of rotatable bonds is 3. The van der Waals surface area contributed by atoms with Gasteiger partial charge < -0.3 is 10.6 Å². The maximum Gasteiger partial charge on any atom is 0.0318 e. The molecule has 2 rings (SSSR count). The van der Waals surface area contributed by atoms with Gasteiger partial charge in [0.05, 0.1) is 0 Å². The van der Waals surface area contributed by atoms with Gasteiger partial charge in [0.2, 0.25) is 0 Å². The first-order valence-electron chi connectivity index (χ1n) is 6.49. The van der Waals surface area contributed by atoms with E-state index in [2.05, 4.69) is 45.9 Å². The smallest absolute Gasteiger partial charge is 0.0318 e. The summed E-state index contributed by atoms with van der Waals surface area (Å²) in [5, 5.41) is 0. The van der Waals surface area contributed by atoms with E-state index in [1.54, 1.807) is 0 Å². The molecule has 18 heavy (non-hydrogen) atoms. The Kier molecular flexibility index (Phi) is 4.65. The lowest BCUT2D eigenvalue weighted by Crippen LogP contribution is -2.44. The zero-order valence-corrected chi connectivity index (χ0v) is 12.8. The van der Waals surface area contributed by atoms with Gasteiger partial charge in [-0.15, -0.1) is 0 Å². The second kappa shape index (κ2) is 6.04. The fourth-order valence-corrected chi connectivity index (χ4v) is 2.98. The second-order valence-electron chi connectivity index (χ2n) is 5.32. The van der Waals surface area contributed by atoms with Gasteiger partial charge in [0, 0.05) is 29.3 Å². The van der Waals surface area contributed by atoms with Crippen LogP contribution in [0.1, 0.15) is 18.4 Å². The van der Waals surface area contributed by atoms with Crippen LogP contribution in [0.4, 0.5) is 5.69 Å². The third-order valence-electron chi connectivity index (χ3n) is 3.71. The Labute approximate surface area is 118 Å². The number of nitrogens with two attached hydrogens (primary N) is 1. The maximum atomic E-state index is 5.86. The highest BCUT2D eigenvalue weighted by Crippen LogP contribution is 2.23. The van der Waals surface area contributed by atoms with Crippen molar-refractivity contribution in [1.29, 1.82) is 0 Å². The van der Waals surface area contributed by atoms with Crippen molar-refractivity contribution < 1.29 is 0 Å². The Balaban J connectivity index is 2.01. The van der Waals surface area contributed by atoms with Crippen molar-refractivity contribution in [1.82, 2.24) is 9.80 Å². The van der Waals surface area contributed by atoms with Crippen molar-refractivity contribution in [2.24, 2.45) is 0 Å². The summed E-state index contributed by atoms with van der Waals surface area (Å²) >= 11 is 3.60. The van der Waals surface area contributed by atoms with E-state index >= 15 is 0 Å². The van der Waals surface area contributed by atoms with Crippen molar-refractivity contribution in [3.8, 4) is 0 Å². The van der Waals surface area contributed by atoms with Gasteiger partial charge in [-0.25, -0.2) is 0 Å². The van der Waals surface area contributed by atoms with Crippen LogP contribution in [0.25, 0.3) is 0 Å². The minimum absolute atomic E-state index is 0.650. The van der Waals surface area contributed by atoms with E-state index in [1.165, 1.54) is 24.9 Å². The van der Waals surface area contributed by atoms with Gasteiger partial charge in [-0.1, -0.05) is 15.9 Å². The first kappa shape index (κ1) is 13.8. The summed E-state index contributed by atoms with van der Waals surface area (Å²) in [6, 6.07) is 6.68. The van der Waals surface area contributed by atoms with E-state index < -0.39 is 0 Å². The predicted molar refractivity (Wildman–Crippen MR) is 80.5 cm³/mol. The van der Waals surface area contributed by atoms with Crippen LogP contribution in [0.2, 0.25) is 0 Å². The van der Waals surface area contributed by atoms with E-state index in [0.717, 1.165) is 23.2 Å². The number of hydrogen-bond acceptors (Lipinski definition) is 3. The lowest BCUT2D eigenvalue weighted by atomic mass is 10.0. The highest BCUT2D eigenvalue weighted by Gasteiger charge is 2.21. The summed E-state index contributed by atoms with van der Waals surface area (Å²) in [6.07, 6.45) is 2.59. The quantitative estimate of drug-likeness (QED) is 0.871. The van der Waals surface area contributed by atoms with Gasteiger partial charge in [0.15, 0.2) is 0 Å². The summed E-state index contributed by atoms with van der Waals surface area (Å²) < 4.78 is 1.15. The summed E-state index contributed by atoms with van der Waals surface area (Å²) in [7, 11) is 4.41. The van der Waals surface area contributed by atoms with Crippen LogP contribution < -0.4 is 5.73 Å². The predicted octanol–water partition coefficient (Wildman–Crippen LogP) is 2.56. The summed E-state index contributed by atoms with van der Waals surface area (Å²) in [5.74, 6) is 0. The van der Waals surface area contributed by atoms with Gasteiger partial charge in [0.1, 0.15) is 0 Å². The topological polar surface area (TPSA) is 32.5 Å². The van der Waals surface area contributed by atoms with Crippen LogP contribution in [0, 0.1) is 0 Å². The lowest BCUT2D eigenvalue weighted by Gasteiger charge is -2.36. The SMILES string of the molecule is CN1CCCC(N(C)Cc2cc(N)ccc2Br)C1. The van der Waals surface area contributed by atoms with Crippen LogP contribution >= 0.6 is 15.9 Å². The van der Waals surface area contributed by atoms with Gasteiger partial charge in [-0.3, -0.25) is 4.90 Å². The molecule has 1 aliphatic rings. The number of nitrogen functional groups attached to an aromatic ring is 1. The number of piperidine rings is 1. The molecule has 1 aromatic rings. The second-order valence-corrected chi connectivity index (χ2v) is 6.18. The average Bonchev–Trinajstić information content (AvgIpc) is 2.34. The molecule has 1 heterocycles. The number of nitrogens with zero attached hydrogens (tertiary/aromatic N) is 2. The number of anilines is 1. The van der Waals surface area contributed by atoms with E-state index in [1.807, 2.05) is 12.1 Å². The maximum absolute atomic E-state index is 5.86. The summed E-state index contributed by atoms with van der Waals surface area (Å²) in [4.78, 5) is 4.86. The van der Waals surface area contributed by atoms with E-state index in [-0.39, 0.29) is 0 Å².